The average molecular weight is 412 g/mol. The summed E-state index contributed by atoms with van der Waals surface area (Å²) in [6.45, 7) is 4.73. The van der Waals surface area contributed by atoms with E-state index in [-0.39, 0.29) is 29.7 Å². The van der Waals surface area contributed by atoms with Crippen molar-refractivity contribution in [1.29, 1.82) is 0 Å². The van der Waals surface area contributed by atoms with E-state index in [0.717, 1.165) is 24.1 Å². The van der Waals surface area contributed by atoms with Gasteiger partial charge in [0.1, 0.15) is 5.82 Å². The summed E-state index contributed by atoms with van der Waals surface area (Å²) in [6.07, 6.45) is 3.21. The fourth-order valence-corrected chi connectivity index (χ4v) is 3.87. The van der Waals surface area contributed by atoms with Gasteiger partial charge in [0.25, 0.3) is 0 Å². The second-order valence-corrected chi connectivity index (χ2v) is 7.89. The molecule has 2 atom stereocenters. The third kappa shape index (κ3) is 5.38. The Morgan fingerprint density at radius 2 is 1.90 bits per heavy atom. The summed E-state index contributed by atoms with van der Waals surface area (Å²) in [7, 11) is 0. The van der Waals surface area contributed by atoms with Crippen molar-refractivity contribution in [2.45, 2.75) is 45.6 Å². The van der Waals surface area contributed by atoms with Crippen molar-refractivity contribution in [2.75, 3.05) is 18.4 Å². The molecule has 5 nitrogen and oxygen atoms in total. The highest BCUT2D eigenvalue weighted by atomic mass is 19.1. The smallest absolute Gasteiger partial charge is 0.317 e. The number of hydrogen-bond donors (Lipinski definition) is 2. The zero-order valence-electron chi connectivity index (χ0n) is 17.7. The minimum atomic E-state index is -0.292. The fraction of sp³-hybridized carbons (Fsp3) is 0.417. The van der Waals surface area contributed by atoms with Crippen molar-refractivity contribution < 1.29 is 14.0 Å². The van der Waals surface area contributed by atoms with Gasteiger partial charge in [0, 0.05) is 18.8 Å². The number of likely N-dealkylation sites (tertiary alicyclic amines) is 1. The van der Waals surface area contributed by atoms with Crippen LogP contribution in [0.5, 0.6) is 0 Å². The number of carbonyl (C=O) groups is 2. The molecule has 0 bridgehead atoms. The molecule has 2 N–H and O–H groups in total. The number of para-hydroxylation sites is 1. The number of rotatable bonds is 6. The Morgan fingerprint density at radius 3 is 2.60 bits per heavy atom. The molecule has 2 unspecified atom stereocenters. The molecule has 0 spiro atoms. The maximum absolute atomic E-state index is 13.8. The molecule has 2 aromatic carbocycles. The molecule has 2 aromatic rings. The summed E-state index contributed by atoms with van der Waals surface area (Å²) in [5.74, 6) is -0.630. The zero-order valence-corrected chi connectivity index (χ0v) is 17.7. The van der Waals surface area contributed by atoms with Crippen LogP contribution in [0.3, 0.4) is 0 Å². The number of unbranched alkanes of at least 4 members (excludes halogenated alkanes) is 1. The van der Waals surface area contributed by atoms with Gasteiger partial charge in [0.05, 0.1) is 12.0 Å². The van der Waals surface area contributed by atoms with Crippen molar-refractivity contribution in [3.63, 3.8) is 0 Å². The van der Waals surface area contributed by atoms with Gasteiger partial charge in [-0.1, -0.05) is 43.7 Å². The predicted octanol–water partition coefficient (Wildman–Crippen LogP) is 5.04. The molecule has 1 heterocycles. The molecule has 160 valence electrons. The first-order valence-electron chi connectivity index (χ1n) is 10.7. The lowest BCUT2D eigenvalue weighted by Crippen LogP contribution is -2.49. The van der Waals surface area contributed by atoms with Crippen LogP contribution in [-0.4, -0.2) is 29.9 Å². The standard InChI is InChI=1S/C24H30FN3O2/c1-3-4-14-26-24(30)28-16-19(23(29)27-20-8-6-5-7-9-20)11-13-22(28)18-10-12-21(25)17(2)15-18/h5-10,12,15,19,22H,3-4,11,13-14,16H2,1-2H3,(H,26,30)(H,27,29). The number of urea groups is 1. The summed E-state index contributed by atoms with van der Waals surface area (Å²) in [5, 5.41) is 5.92. The maximum atomic E-state index is 13.8. The topological polar surface area (TPSA) is 61.4 Å². The minimum absolute atomic E-state index is 0.0821. The summed E-state index contributed by atoms with van der Waals surface area (Å²) < 4.78 is 13.8. The highest BCUT2D eigenvalue weighted by Crippen LogP contribution is 2.34. The van der Waals surface area contributed by atoms with Crippen LogP contribution in [0.2, 0.25) is 0 Å². The number of nitrogens with one attached hydrogen (secondary N) is 2. The van der Waals surface area contributed by atoms with Crippen molar-refractivity contribution in [3.05, 3.63) is 65.5 Å². The molecule has 1 aliphatic rings. The summed E-state index contributed by atoms with van der Waals surface area (Å²) in [4.78, 5) is 27.5. The Morgan fingerprint density at radius 1 is 1.13 bits per heavy atom. The SMILES string of the molecule is CCCCNC(=O)N1CC(C(=O)Nc2ccccc2)CCC1c1ccc(F)c(C)c1. The molecule has 6 heteroatoms. The van der Waals surface area contributed by atoms with Crippen LogP contribution in [0.4, 0.5) is 14.9 Å². The Hall–Kier alpha value is -2.89. The number of hydrogen-bond acceptors (Lipinski definition) is 2. The molecule has 0 saturated carbocycles. The second kappa shape index (κ2) is 10.2. The predicted molar refractivity (Wildman–Crippen MR) is 117 cm³/mol. The fourth-order valence-electron chi connectivity index (χ4n) is 3.87. The van der Waals surface area contributed by atoms with E-state index in [1.54, 1.807) is 24.0 Å². The van der Waals surface area contributed by atoms with Crippen LogP contribution in [0.1, 0.15) is 49.8 Å². The molecule has 0 aromatic heterocycles. The molecule has 0 radical (unpaired) electrons. The van der Waals surface area contributed by atoms with Gasteiger partial charge < -0.3 is 15.5 Å². The Labute approximate surface area is 177 Å². The van der Waals surface area contributed by atoms with Gasteiger partial charge in [-0.3, -0.25) is 4.79 Å². The number of carbonyl (C=O) groups excluding carboxylic acids is 2. The number of benzene rings is 2. The van der Waals surface area contributed by atoms with Gasteiger partial charge in [-0.25, -0.2) is 9.18 Å². The van der Waals surface area contributed by atoms with Gasteiger partial charge in [-0.05, 0) is 55.5 Å². The first-order valence-corrected chi connectivity index (χ1v) is 10.7. The first-order chi connectivity index (χ1) is 14.5. The lowest BCUT2D eigenvalue weighted by molar-refractivity contribution is -0.121. The van der Waals surface area contributed by atoms with Gasteiger partial charge >= 0.3 is 6.03 Å². The highest BCUT2D eigenvalue weighted by molar-refractivity contribution is 5.93. The normalized spacial score (nSPS) is 18.7. The number of halogens is 1. The van der Waals surface area contributed by atoms with Crippen molar-refractivity contribution in [2.24, 2.45) is 5.92 Å². The van der Waals surface area contributed by atoms with Gasteiger partial charge in [0.2, 0.25) is 5.91 Å². The average Bonchev–Trinajstić information content (AvgIpc) is 2.76. The third-order valence-electron chi connectivity index (χ3n) is 5.63. The van der Waals surface area contributed by atoms with Crippen LogP contribution in [0.25, 0.3) is 0 Å². The minimum Gasteiger partial charge on any atom is -0.338 e. The van der Waals surface area contributed by atoms with Crippen molar-refractivity contribution >= 4 is 17.6 Å². The lowest BCUT2D eigenvalue weighted by Gasteiger charge is -2.39. The number of aryl methyl sites for hydroxylation is 1. The largest absolute Gasteiger partial charge is 0.338 e. The van der Waals surface area contributed by atoms with Gasteiger partial charge in [0.15, 0.2) is 0 Å². The van der Waals surface area contributed by atoms with E-state index in [1.165, 1.54) is 6.07 Å². The third-order valence-corrected chi connectivity index (χ3v) is 5.63. The number of anilines is 1. The summed E-state index contributed by atoms with van der Waals surface area (Å²) >= 11 is 0. The highest BCUT2D eigenvalue weighted by Gasteiger charge is 2.35. The van der Waals surface area contributed by atoms with Crippen LogP contribution in [0.15, 0.2) is 48.5 Å². The monoisotopic (exact) mass is 411 g/mol. The van der Waals surface area contributed by atoms with E-state index in [0.29, 0.717) is 31.5 Å². The van der Waals surface area contributed by atoms with Crippen molar-refractivity contribution in [1.82, 2.24) is 10.2 Å². The number of amides is 3. The molecule has 30 heavy (non-hydrogen) atoms. The van der Waals surface area contributed by atoms with Gasteiger partial charge in [-0.15, -0.1) is 0 Å². The van der Waals surface area contributed by atoms with E-state index in [9.17, 15) is 14.0 Å². The maximum Gasteiger partial charge on any atom is 0.317 e. The van der Waals surface area contributed by atoms with Crippen LogP contribution in [0, 0.1) is 18.7 Å². The molecule has 1 saturated heterocycles. The zero-order chi connectivity index (χ0) is 21.5. The molecule has 3 rings (SSSR count). The van der Waals surface area contributed by atoms with E-state index in [1.807, 2.05) is 30.3 Å². The van der Waals surface area contributed by atoms with E-state index >= 15 is 0 Å². The quantitative estimate of drug-likeness (QED) is 0.655. The molecular weight excluding hydrogens is 381 g/mol. The van der Waals surface area contributed by atoms with E-state index < -0.39 is 0 Å². The van der Waals surface area contributed by atoms with E-state index in [2.05, 4.69) is 17.6 Å². The summed E-state index contributed by atoms with van der Waals surface area (Å²) in [6, 6.07) is 14.0. The Balaban J connectivity index is 1.76. The van der Waals surface area contributed by atoms with Crippen LogP contribution in [-0.2, 0) is 4.79 Å². The molecule has 0 aliphatic carbocycles. The molecule has 1 aliphatic heterocycles. The Bertz CT molecular complexity index is 872. The first kappa shape index (κ1) is 21.8. The molecule has 3 amide bonds. The molecular formula is C24H30FN3O2. The Kier molecular flexibility index (Phi) is 7.44. The van der Waals surface area contributed by atoms with Crippen molar-refractivity contribution in [3.8, 4) is 0 Å². The van der Waals surface area contributed by atoms with Crippen LogP contribution >= 0.6 is 0 Å². The number of nitrogens with zero attached hydrogens (tertiary/aromatic N) is 1. The second-order valence-electron chi connectivity index (χ2n) is 7.89. The lowest BCUT2D eigenvalue weighted by atomic mass is 9.88. The number of piperidine rings is 1. The molecule has 1 fully saturated rings. The van der Waals surface area contributed by atoms with E-state index in [4.69, 9.17) is 0 Å². The van der Waals surface area contributed by atoms with Gasteiger partial charge in [-0.2, -0.15) is 0 Å². The van der Waals surface area contributed by atoms with Crippen LogP contribution < -0.4 is 10.6 Å². The summed E-state index contributed by atoms with van der Waals surface area (Å²) in [5.41, 5.74) is 2.21.